The summed E-state index contributed by atoms with van der Waals surface area (Å²) in [6, 6.07) is 16.4. The average Bonchev–Trinajstić information content (AvgIpc) is 3.37. The molecule has 140 valence electrons. The standard InChI is InChI=1S/C21H17N3O3S/c1-2-27-20(26)15-7-10-17-18(13-15)28-21(22-17)23-19(25)14-5-8-16(9-6-14)24-11-3-4-12-24/h3-13H,2H2,1H3,(H,22,23,25). The third-order valence-electron chi connectivity index (χ3n) is 4.15. The molecular formula is C21H17N3O3S. The summed E-state index contributed by atoms with van der Waals surface area (Å²) in [5.41, 5.74) is 2.71. The molecule has 7 heteroatoms. The average molecular weight is 391 g/mol. The van der Waals surface area contributed by atoms with E-state index in [1.54, 1.807) is 37.3 Å². The van der Waals surface area contributed by atoms with Crippen molar-refractivity contribution in [3.05, 3.63) is 78.1 Å². The molecule has 0 saturated heterocycles. The molecule has 0 aliphatic rings. The molecule has 0 saturated carbocycles. The second kappa shape index (κ2) is 7.66. The van der Waals surface area contributed by atoms with E-state index in [9.17, 15) is 9.59 Å². The molecule has 0 spiro atoms. The van der Waals surface area contributed by atoms with Crippen molar-refractivity contribution in [1.29, 1.82) is 0 Å². The van der Waals surface area contributed by atoms with E-state index in [1.165, 1.54) is 11.3 Å². The maximum Gasteiger partial charge on any atom is 0.338 e. The maximum atomic E-state index is 12.5. The number of hydrogen-bond donors (Lipinski definition) is 1. The first-order valence-corrected chi connectivity index (χ1v) is 9.58. The van der Waals surface area contributed by atoms with Crippen LogP contribution >= 0.6 is 11.3 Å². The van der Waals surface area contributed by atoms with Gasteiger partial charge in [-0.05, 0) is 61.5 Å². The van der Waals surface area contributed by atoms with Gasteiger partial charge >= 0.3 is 5.97 Å². The highest BCUT2D eigenvalue weighted by molar-refractivity contribution is 7.22. The van der Waals surface area contributed by atoms with Crippen LogP contribution in [0.1, 0.15) is 27.6 Å². The van der Waals surface area contributed by atoms with Crippen LogP contribution < -0.4 is 5.32 Å². The van der Waals surface area contributed by atoms with Crippen LogP contribution in [0.15, 0.2) is 67.0 Å². The van der Waals surface area contributed by atoms with Gasteiger partial charge in [-0.3, -0.25) is 10.1 Å². The highest BCUT2D eigenvalue weighted by atomic mass is 32.1. The first kappa shape index (κ1) is 17.9. The number of aromatic nitrogens is 2. The van der Waals surface area contributed by atoms with E-state index < -0.39 is 0 Å². The van der Waals surface area contributed by atoms with E-state index in [0.717, 1.165) is 15.9 Å². The monoisotopic (exact) mass is 391 g/mol. The summed E-state index contributed by atoms with van der Waals surface area (Å²) in [6.45, 7) is 2.09. The molecule has 0 aliphatic carbocycles. The number of carbonyl (C=O) groups is 2. The van der Waals surface area contributed by atoms with Gasteiger partial charge in [-0.2, -0.15) is 0 Å². The third kappa shape index (κ3) is 3.65. The van der Waals surface area contributed by atoms with Gasteiger partial charge in [-0.25, -0.2) is 9.78 Å². The van der Waals surface area contributed by atoms with Crippen molar-refractivity contribution in [1.82, 2.24) is 9.55 Å². The smallest absolute Gasteiger partial charge is 0.338 e. The number of carbonyl (C=O) groups excluding carboxylic acids is 2. The molecule has 2 aromatic carbocycles. The molecule has 0 radical (unpaired) electrons. The van der Waals surface area contributed by atoms with E-state index >= 15 is 0 Å². The number of anilines is 1. The SMILES string of the molecule is CCOC(=O)c1ccc2nc(NC(=O)c3ccc(-n4cccc4)cc3)sc2c1. The van der Waals surface area contributed by atoms with E-state index in [2.05, 4.69) is 10.3 Å². The van der Waals surface area contributed by atoms with Crippen molar-refractivity contribution >= 4 is 38.6 Å². The van der Waals surface area contributed by atoms with Gasteiger partial charge in [-0.1, -0.05) is 11.3 Å². The Morgan fingerprint density at radius 2 is 1.79 bits per heavy atom. The van der Waals surface area contributed by atoms with E-state index in [0.29, 0.717) is 22.9 Å². The van der Waals surface area contributed by atoms with E-state index in [1.807, 2.05) is 41.2 Å². The molecule has 6 nitrogen and oxygen atoms in total. The van der Waals surface area contributed by atoms with Crippen molar-refractivity contribution in [2.24, 2.45) is 0 Å². The number of benzene rings is 2. The normalized spacial score (nSPS) is 10.8. The molecule has 0 fully saturated rings. The van der Waals surface area contributed by atoms with Gasteiger partial charge in [0, 0.05) is 23.6 Å². The molecular weight excluding hydrogens is 374 g/mol. The molecule has 1 N–H and O–H groups in total. The number of hydrogen-bond acceptors (Lipinski definition) is 5. The lowest BCUT2D eigenvalue weighted by Gasteiger charge is -2.05. The molecule has 28 heavy (non-hydrogen) atoms. The molecule has 0 aliphatic heterocycles. The zero-order chi connectivity index (χ0) is 19.5. The Labute approximate surface area is 165 Å². The van der Waals surface area contributed by atoms with E-state index in [-0.39, 0.29) is 11.9 Å². The Kier molecular flexibility index (Phi) is 4.90. The Balaban J connectivity index is 1.51. The Morgan fingerprint density at radius 3 is 2.50 bits per heavy atom. The van der Waals surface area contributed by atoms with Gasteiger partial charge in [0.05, 0.1) is 22.4 Å². The third-order valence-corrected chi connectivity index (χ3v) is 5.09. The summed E-state index contributed by atoms with van der Waals surface area (Å²) < 4.78 is 7.79. The summed E-state index contributed by atoms with van der Waals surface area (Å²) in [5, 5.41) is 3.30. The van der Waals surface area contributed by atoms with Gasteiger partial charge < -0.3 is 9.30 Å². The highest BCUT2D eigenvalue weighted by Gasteiger charge is 2.13. The number of nitrogens with zero attached hydrogens (tertiary/aromatic N) is 2. The second-order valence-corrected chi connectivity index (χ2v) is 7.04. The first-order chi connectivity index (χ1) is 13.6. The zero-order valence-corrected chi connectivity index (χ0v) is 15.9. The van der Waals surface area contributed by atoms with Crippen molar-refractivity contribution < 1.29 is 14.3 Å². The maximum absolute atomic E-state index is 12.5. The molecule has 4 aromatic rings. The van der Waals surface area contributed by atoms with Crippen LogP contribution in [0.2, 0.25) is 0 Å². The number of amides is 1. The summed E-state index contributed by atoms with van der Waals surface area (Å²) in [7, 11) is 0. The largest absolute Gasteiger partial charge is 0.462 e. The first-order valence-electron chi connectivity index (χ1n) is 8.76. The number of thiazole rings is 1. The Hall–Kier alpha value is -3.45. The van der Waals surface area contributed by atoms with Crippen molar-refractivity contribution in [3.8, 4) is 5.69 Å². The van der Waals surface area contributed by atoms with Gasteiger partial charge in [0.2, 0.25) is 0 Å². The minimum absolute atomic E-state index is 0.233. The summed E-state index contributed by atoms with van der Waals surface area (Å²) in [4.78, 5) is 28.8. The predicted molar refractivity (Wildman–Crippen MR) is 109 cm³/mol. The summed E-state index contributed by atoms with van der Waals surface area (Å²) in [6.07, 6.45) is 3.89. The van der Waals surface area contributed by atoms with Gasteiger partial charge in [0.1, 0.15) is 0 Å². The van der Waals surface area contributed by atoms with Crippen LogP contribution in [0.4, 0.5) is 5.13 Å². The van der Waals surface area contributed by atoms with Crippen molar-refractivity contribution in [3.63, 3.8) is 0 Å². The lowest BCUT2D eigenvalue weighted by atomic mass is 10.2. The van der Waals surface area contributed by atoms with Crippen LogP contribution in [-0.4, -0.2) is 28.0 Å². The number of esters is 1. The van der Waals surface area contributed by atoms with Crippen LogP contribution in [0.25, 0.3) is 15.9 Å². The fraction of sp³-hybridized carbons (Fsp3) is 0.0952. The topological polar surface area (TPSA) is 73.2 Å². The molecule has 1 amide bonds. The van der Waals surface area contributed by atoms with E-state index in [4.69, 9.17) is 4.74 Å². The molecule has 0 atom stereocenters. The Morgan fingerprint density at radius 1 is 1.07 bits per heavy atom. The number of rotatable bonds is 5. The quantitative estimate of drug-likeness (QED) is 0.508. The van der Waals surface area contributed by atoms with Crippen molar-refractivity contribution in [2.45, 2.75) is 6.92 Å². The summed E-state index contributed by atoms with van der Waals surface area (Å²) >= 11 is 1.32. The number of ether oxygens (including phenoxy) is 1. The summed E-state index contributed by atoms with van der Waals surface area (Å²) in [5.74, 6) is -0.602. The molecule has 2 heterocycles. The highest BCUT2D eigenvalue weighted by Crippen LogP contribution is 2.27. The molecule has 0 bridgehead atoms. The van der Waals surface area contributed by atoms with Crippen LogP contribution in [0.5, 0.6) is 0 Å². The molecule has 4 rings (SSSR count). The minimum Gasteiger partial charge on any atom is -0.462 e. The zero-order valence-electron chi connectivity index (χ0n) is 15.1. The predicted octanol–water partition coefficient (Wildman–Crippen LogP) is 4.52. The lowest BCUT2D eigenvalue weighted by Crippen LogP contribution is -2.11. The second-order valence-electron chi connectivity index (χ2n) is 6.01. The fourth-order valence-corrected chi connectivity index (χ4v) is 3.68. The molecule has 0 unspecified atom stereocenters. The number of nitrogens with one attached hydrogen (secondary N) is 1. The minimum atomic E-state index is -0.369. The fourth-order valence-electron chi connectivity index (χ4n) is 2.78. The van der Waals surface area contributed by atoms with Crippen LogP contribution in [0, 0.1) is 0 Å². The van der Waals surface area contributed by atoms with Crippen LogP contribution in [-0.2, 0) is 4.74 Å². The van der Waals surface area contributed by atoms with Crippen LogP contribution in [0.3, 0.4) is 0 Å². The van der Waals surface area contributed by atoms with Crippen molar-refractivity contribution in [2.75, 3.05) is 11.9 Å². The van der Waals surface area contributed by atoms with Gasteiger partial charge in [0.15, 0.2) is 5.13 Å². The number of fused-ring (bicyclic) bond motifs is 1. The Bertz CT molecular complexity index is 1130. The lowest BCUT2D eigenvalue weighted by molar-refractivity contribution is 0.0526. The molecule has 2 aromatic heterocycles. The van der Waals surface area contributed by atoms with Gasteiger partial charge in [-0.15, -0.1) is 0 Å². The van der Waals surface area contributed by atoms with Gasteiger partial charge in [0.25, 0.3) is 5.91 Å².